The number of benzene rings is 2. The first-order valence-corrected chi connectivity index (χ1v) is 7.54. The number of aryl methyl sites for hydroxylation is 1. The quantitative estimate of drug-likeness (QED) is 0.722. The van der Waals surface area contributed by atoms with Gasteiger partial charge in [0.1, 0.15) is 12.4 Å². The molecule has 0 saturated heterocycles. The summed E-state index contributed by atoms with van der Waals surface area (Å²) < 4.78 is 32.9. The lowest BCUT2D eigenvalue weighted by Gasteiger charge is -2.07. The zero-order chi connectivity index (χ0) is 17.8. The fraction of sp³-hybridized carbons (Fsp3) is 0.111. The minimum absolute atomic E-state index is 0.246. The van der Waals surface area contributed by atoms with Crippen LogP contribution in [0.2, 0.25) is 0 Å². The Kier molecular flexibility index (Phi) is 4.74. The zero-order valence-electron chi connectivity index (χ0n) is 13.5. The third-order valence-electron chi connectivity index (χ3n) is 3.44. The van der Waals surface area contributed by atoms with Crippen molar-refractivity contribution in [2.75, 3.05) is 5.73 Å². The summed E-state index contributed by atoms with van der Waals surface area (Å²) in [5, 5.41) is 4.23. The van der Waals surface area contributed by atoms with Gasteiger partial charge in [0.25, 0.3) is 0 Å². The molecular formula is C18H16F2N4O. The monoisotopic (exact) mass is 342 g/mol. The number of anilines is 1. The Bertz CT molecular complexity index is 904. The number of hydrogen-bond donors (Lipinski definition) is 1. The number of nitrogen functional groups attached to an aromatic ring is 1. The maximum atomic E-state index is 13.1. The van der Waals surface area contributed by atoms with E-state index in [1.807, 2.05) is 31.2 Å². The molecule has 0 fully saturated rings. The fourth-order valence-electron chi connectivity index (χ4n) is 2.16. The van der Waals surface area contributed by atoms with E-state index < -0.39 is 11.6 Å². The molecular weight excluding hydrogens is 326 g/mol. The van der Waals surface area contributed by atoms with Crippen LogP contribution in [-0.2, 0) is 6.61 Å². The van der Waals surface area contributed by atoms with Gasteiger partial charge in [0.2, 0.25) is 5.95 Å². The van der Waals surface area contributed by atoms with Gasteiger partial charge in [0.05, 0.1) is 18.1 Å². The highest BCUT2D eigenvalue weighted by Gasteiger charge is 2.04. The van der Waals surface area contributed by atoms with E-state index in [1.54, 1.807) is 12.4 Å². The minimum atomic E-state index is -0.932. The highest BCUT2D eigenvalue weighted by atomic mass is 19.2. The van der Waals surface area contributed by atoms with Gasteiger partial charge in [-0.3, -0.25) is 0 Å². The van der Waals surface area contributed by atoms with Gasteiger partial charge in [-0.05, 0) is 30.2 Å². The van der Waals surface area contributed by atoms with Crippen molar-refractivity contribution < 1.29 is 13.5 Å². The van der Waals surface area contributed by atoms with Crippen LogP contribution < -0.4 is 10.5 Å². The lowest BCUT2D eigenvalue weighted by molar-refractivity contribution is 0.303. The third-order valence-corrected chi connectivity index (χ3v) is 3.44. The summed E-state index contributed by atoms with van der Waals surface area (Å²) in [6.07, 6.45) is 3.40. The van der Waals surface area contributed by atoms with Gasteiger partial charge >= 0.3 is 0 Å². The van der Waals surface area contributed by atoms with Gasteiger partial charge in [0.15, 0.2) is 11.6 Å². The molecule has 1 heterocycles. The van der Waals surface area contributed by atoms with E-state index in [4.69, 9.17) is 10.5 Å². The summed E-state index contributed by atoms with van der Waals surface area (Å²) in [4.78, 5) is 4.06. The van der Waals surface area contributed by atoms with E-state index in [2.05, 4.69) is 10.1 Å². The summed E-state index contributed by atoms with van der Waals surface area (Å²) in [5.41, 5.74) is 8.27. The third kappa shape index (κ3) is 4.20. The largest absolute Gasteiger partial charge is 0.489 e. The molecule has 0 aliphatic heterocycles. The van der Waals surface area contributed by atoms with Crippen LogP contribution in [0.1, 0.15) is 16.8 Å². The van der Waals surface area contributed by atoms with Crippen LogP contribution in [0.4, 0.5) is 14.7 Å². The number of hydrogen-bond acceptors (Lipinski definition) is 4. The number of rotatable bonds is 5. The summed E-state index contributed by atoms with van der Waals surface area (Å²) >= 11 is 0. The second-order valence-corrected chi connectivity index (χ2v) is 5.44. The molecule has 5 nitrogen and oxygen atoms in total. The van der Waals surface area contributed by atoms with E-state index in [9.17, 15) is 8.78 Å². The first kappa shape index (κ1) is 16.6. The standard InChI is InChI=1S/C18H16F2N4O/c1-12-10-24(18(21)23-12)22-9-13-2-4-14(5-3-13)11-25-15-6-7-16(19)17(20)8-15/h2-10H,11H2,1H3,(H2,21,23). The molecule has 25 heavy (non-hydrogen) atoms. The lowest BCUT2D eigenvalue weighted by atomic mass is 10.1. The second kappa shape index (κ2) is 7.12. The smallest absolute Gasteiger partial charge is 0.221 e. The Morgan fingerprint density at radius 3 is 2.56 bits per heavy atom. The number of nitrogens with zero attached hydrogens (tertiary/aromatic N) is 3. The Labute approximate surface area is 143 Å². The Morgan fingerprint density at radius 1 is 1.16 bits per heavy atom. The normalized spacial score (nSPS) is 11.2. The maximum Gasteiger partial charge on any atom is 0.221 e. The number of halogens is 2. The molecule has 0 amide bonds. The van der Waals surface area contributed by atoms with E-state index in [1.165, 1.54) is 10.7 Å². The van der Waals surface area contributed by atoms with Crippen LogP contribution in [-0.4, -0.2) is 15.9 Å². The van der Waals surface area contributed by atoms with E-state index in [-0.39, 0.29) is 12.4 Å². The molecule has 1 aromatic heterocycles. The molecule has 0 spiro atoms. The van der Waals surface area contributed by atoms with Gasteiger partial charge in [0, 0.05) is 6.07 Å². The maximum absolute atomic E-state index is 13.1. The molecule has 0 atom stereocenters. The van der Waals surface area contributed by atoms with Crippen LogP contribution in [0.5, 0.6) is 5.75 Å². The average Bonchev–Trinajstić information content (AvgIpc) is 2.92. The van der Waals surface area contributed by atoms with Crippen molar-refractivity contribution in [3.8, 4) is 5.75 Å². The van der Waals surface area contributed by atoms with E-state index >= 15 is 0 Å². The highest BCUT2D eigenvalue weighted by Crippen LogP contribution is 2.17. The summed E-state index contributed by atoms with van der Waals surface area (Å²) in [5.74, 6) is -1.23. The second-order valence-electron chi connectivity index (χ2n) is 5.44. The number of aromatic nitrogens is 2. The first-order chi connectivity index (χ1) is 12.0. The Hall–Kier alpha value is -3.22. The predicted octanol–water partition coefficient (Wildman–Crippen LogP) is 3.51. The van der Waals surface area contributed by atoms with Gasteiger partial charge in [-0.2, -0.15) is 5.10 Å². The van der Waals surface area contributed by atoms with Crippen LogP contribution in [0.15, 0.2) is 53.8 Å². The molecule has 128 valence electrons. The minimum Gasteiger partial charge on any atom is -0.489 e. The van der Waals surface area contributed by atoms with Crippen molar-refractivity contribution in [3.05, 3.63) is 77.1 Å². The van der Waals surface area contributed by atoms with Crippen LogP contribution in [0, 0.1) is 18.6 Å². The molecule has 3 aromatic rings. The van der Waals surface area contributed by atoms with E-state index in [0.717, 1.165) is 29.0 Å². The molecule has 7 heteroatoms. The predicted molar refractivity (Wildman–Crippen MR) is 91.5 cm³/mol. The first-order valence-electron chi connectivity index (χ1n) is 7.54. The number of imidazole rings is 1. The van der Waals surface area contributed by atoms with Crippen molar-refractivity contribution in [2.24, 2.45) is 5.10 Å². The molecule has 3 rings (SSSR count). The van der Waals surface area contributed by atoms with Crippen molar-refractivity contribution in [1.82, 2.24) is 9.66 Å². The summed E-state index contributed by atoms with van der Waals surface area (Å²) in [7, 11) is 0. The van der Waals surface area contributed by atoms with Crippen LogP contribution in [0.25, 0.3) is 0 Å². The molecule has 0 unspecified atom stereocenters. The molecule has 2 aromatic carbocycles. The van der Waals surface area contributed by atoms with Gasteiger partial charge in [-0.25, -0.2) is 18.4 Å². The zero-order valence-corrected chi connectivity index (χ0v) is 13.5. The molecule has 0 aliphatic carbocycles. The SMILES string of the molecule is Cc1cn(N=Cc2ccc(COc3ccc(F)c(F)c3)cc2)c(N)n1. The Balaban J connectivity index is 1.62. The van der Waals surface area contributed by atoms with Crippen LogP contribution >= 0.6 is 0 Å². The van der Waals surface area contributed by atoms with Crippen LogP contribution in [0.3, 0.4) is 0 Å². The van der Waals surface area contributed by atoms with Gasteiger partial charge in [-0.15, -0.1) is 0 Å². The Morgan fingerprint density at radius 2 is 1.92 bits per heavy atom. The number of ether oxygens (including phenoxy) is 1. The van der Waals surface area contributed by atoms with Crippen molar-refractivity contribution in [2.45, 2.75) is 13.5 Å². The molecule has 0 bridgehead atoms. The highest BCUT2D eigenvalue weighted by molar-refractivity contribution is 5.79. The number of nitrogens with two attached hydrogens (primary N) is 1. The summed E-state index contributed by atoms with van der Waals surface area (Å²) in [6, 6.07) is 10.9. The average molecular weight is 342 g/mol. The summed E-state index contributed by atoms with van der Waals surface area (Å²) in [6.45, 7) is 2.08. The van der Waals surface area contributed by atoms with Crippen molar-refractivity contribution in [1.29, 1.82) is 0 Å². The molecule has 0 radical (unpaired) electrons. The lowest BCUT2D eigenvalue weighted by Crippen LogP contribution is -1.98. The molecule has 0 saturated carbocycles. The molecule has 2 N–H and O–H groups in total. The fourth-order valence-corrected chi connectivity index (χ4v) is 2.16. The van der Waals surface area contributed by atoms with Gasteiger partial charge in [-0.1, -0.05) is 24.3 Å². The molecule has 0 aliphatic rings. The van der Waals surface area contributed by atoms with Crippen molar-refractivity contribution in [3.63, 3.8) is 0 Å². The van der Waals surface area contributed by atoms with Gasteiger partial charge < -0.3 is 10.5 Å². The topological polar surface area (TPSA) is 65.4 Å². The van der Waals surface area contributed by atoms with E-state index in [0.29, 0.717) is 5.95 Å². The van der Waals surface area contributed by atoms with Crippen molar-refractivity contribution >= 4 is 12.2 Å².